The van der Waals surface area contributed by atoms with E-state index in [4.69, 9.17) is 11.6 Å². The molecule has 2 aliphatic heterocycles. The van der Waals surface area contributed by atoms with Crippen LogP contribution < -0.4 is 4.90 Å². The molecular formula is C19H26ClN3O. The number of anilines is 1. The molecule has 4 rings (SSSR count). The summed E-state index contributed by atoms with van der Waals surface area (Å²) in [6, 6.07) is 3.88. The van der Waals surface area contributed by atoms with Crippen LogP contribution in [0.3, 0.4) is 0 Å². The van der Waals surface area contributed by atoms with Crippen LogP contribution in [0.2, 0.25) is 5.02 Å². The minimum Gasteiger partial charge on any atom is -0.357 e. The second kappa shape index (κ2) is 6.91. The van der Waals surface area contributed by atoms with Gasteiger partial charge in [0.2, 0.25) is 5.91 Å². The molecule has 1 aromatic rings. The number of piperidine rings is 1. The number of hydrogen-bond acceptors (Lipinski definition) is 3. The molecule has 3 heterocycles. The topological polar surface area (TPSA) is 36.4 Å². The van der Waals surface area contributed by atoms with Crippen molar-refractivity contribution in [3.05, 3.63) is 23.4 Å². The largest absolute Gasteiger partial charge is 0.357 e. The van der Waals surface area contributed by atoms with E-state index in [9.17, 15) is 4.79 Å². The van der Waals surface area contributed by atoms with Crippen LogP contribution in [-0.4, -0.2) is 42.0 Å². The molecule has 0 aromatic carbocycles. The molecule has 3 aliphatic rings. The van der Waals surface area contributed by atoms with Crippen molar-refractivity contribution in [2.24, 2.45) is 17.8 Å². The minimum atomic E-state index is 0.396. The molecule has 0 spiro atoms. The first-order valence-electron chi connectivity index (χ1n) is 9.33. The van der Waals surface area contributed by atoms with Crippen LogP contribution >= 0.6 is 11.6 Å². The molecule has 24 heavy (non-hydrogen) atoms. The molecule has 5 heteroatoms. The predicted molar refractivity (Wildman–Crippen MR) is 96.2 cm³/mol. The van der Waals surface area contributed by atoms with Gasteiger partial charge in [0, 0.05) is 38.8 Å². The van der Waals surface area contributed by atoms with Crippen molar-refractivity contribution in [2.45, 2.75) is 38.5 Å². The number of aromatic nitrogens is 1. The normalized spacial score (nSPS) is 27.5. The monoisotopic (exact) mass is 347 g/mol. The molecule has 2 unspecified atom stereocenters. The maximum atomic E-state index is 12.6. The van der Waals surface area contributed by atoms with Crippen molar-refractivity contribution in [3.63, 3.8) is 0 Å². The third-order valence-corrected chi connectivity index (χ3v) is 6.42. The Balaban J connectivity index is 1.26. The number of halogens is 1. The zero-order valence-corrected chi connectivity index (χ0v) is 14.9. The van der Waals surface area contributed by atoms with Crippen molar-refractivity contribution in [1.29, 1.82) is 0 Å². The Hall–Kier alpha value is -1.29. The summed E-state index contributed by atoms with van der Waals surface area (Å²) in [7, 11) is 0. The van der Waals surface area contributed by atoms with Gasteiger partial charge < -0.3 is 9.80 Å². The van der Waals surface area contributed by atoms with Gasteiger partial charge in [-0.2, -0.15) is 0 Å². The van der Waals surface area contributed by atoms with E-state index in [2.05, 4.69) is 14.8 Å². The highest BCUT2D eigenvalue weighted by Crippen LogP contribution is 2.38. The van der Waals surface area contributed by atoms with Crippen molar-refractivity contribution >= 4 is 23.3 Å². The molecule has 0 bridgehead atoms. The number of fused-ring (bicyclic) bond motifs is 1. The Morgan fingerprint density at radius 2 is 1.83 bits per heavy atom. The van der Waals surface area contributed by atoms with E-state index in [0.717, 1.165) is 63.1 Å². The molecule has 2 atom stereocenters. The average molecular weight is 348 g/mol. The molecular weight excluding hydrogens is 322 g/mol. The Kier molecular flexibility index (Phi) is 4.66. The third kappa shape index (κ3) is 3.39. The smallest absolute Gasteiger partial charge is 0.222 e. The van der Waals surface area contributed by atoms with Gasteiger partial charge in [0.25, 0.3) is 0 Å². The van der Waals surface area contributed by atoms with Gasteiger partial charge in [-0.25, -0.2) is 4.98 Å². The highest BCUT2D eigenvalue weighted by Gasteiger charge is 2.38. The van der Waals surface area contributed by atoms with Crippen LogP contribution in [0.4, 0.5) is 5.82 Å². The lowest BCUT2D eigenvalue weighted by Gasteiger charge is -2.33. The van der Waals surface area contributed by atoms with Gasteiger partial charge in [-0.15, -0.1) is 0 Å². The fourth-order valence-corrected chi connectivity index (χ4v) is 4.85. The van der Waals surface area contributed by atoms with Crippen LogP contribution in [0.5, 0.6) is 0 Å². The quantitative estimate of drug-likeness (QED) is 0.838. The molecule has 1 aromatic heterocycles. The maximum absolute atomic E-state index is 12.6. The number of carbonyl (C=O) groups is 1. The molecule has 1 amide bonds. The predicted octanol–water partition coefficient (Wildman–Crippen LogP) is 3.60. The summed E-state index contributed by atoms with van der Waals surface area (Å²) in [4.78, 5) is 21.5. The average Bonchev–Trinajstić information content (AvgIpc) is 3.18. The molecule has 2 saturated heterocycles. The summed E-state index contributed by atoms with van der Waals surface area (Å²) in [5.41, 5.74) is 0. The number of rotatable bonds is 3. The summed E-state index contributed by atoms with van der Waals surface area (Å²) >= 11 is 5.91. The highest BCUT2D eigenvalue weighted by atomic mass is 35.5. The molecule has 1 saturated carbocycles. The van der Waals surface area contributed by atoms with Crippen LogP contribution in [-0.2, 0) is 4.79 Å². The summed E-state index contributed by atoms with van der Waals surface area (Å²) in [5, 5.41) is 0.676. The van der Waals surface area contributed by atoms with Gasteiger partial charge in [-0.05, 0) is 55.6 Å². The molecule has 4 nitrogen and oxygen atoms in total. The second-order valence-electron chi connectivity index (χ2n) is 7.72. The first-order valence-corrected chi connectivity index (χ1v) is 9.71. The van der Waals surface area contributed by atoms with E-state index in [1.807, 2.05) is 12.1 Å². The Bertz CT molecular complexity index is 571. The SMILES string of the molecule is O=C(CC1CCN(c2ccc(Cl)cn2)CC1)N1CC2CCCC2C1. The first kappa shape index (κ1) is 16.2. The minimum absolute atomic E-state index is 0.396. The van der Waals surface area contributed by atoms with E-state index < -0.39 is 0 Å². The van der Waals surface area contributed by atoms with Gasteiger partial charge in [0.1, 0.15) is 5.82 Å². The van der Waals surface area contributed by atoms with Crippen molar-refractivity contribution < 1.29 is 4.79 Å². The third-order valence-electron chi connectivity index (χ3n) is 6.19. The second-order valence-corrected chi connectivity index (χ2v) is 8.16. The number of nitrogens with zero attached hydrogens (tertiary/aromatic N) is 3. The summed E-state index contributed by atoms with van der Waals surface area (Å²) in [6.45, 7) is 4.02. The van der Waals surface area contributed by atoms with Crippen LogP contribution in [0.15, 0.2) is 18.3 Å². The molecule has 130 valence electrons. The molecule has 3 fully saturated rings. The van der Waals surface area contributed by atoms with Crippen LogP contribution in [0.1, 0.15) is 38.5 Å². The summed E-state index contributed by atoms with van der Waals surface area (Å²) in [6.07, 6.45) is 8.64. The first-order chi connectivity index (χ1) is 11.7. The molecule has 0 radical (unpaired) electrons. The Labute approximate surface area is 149 Å². The van der Waals surface area contributed by atoms with Gasteiger partial charge in [0.05, 0.1) is 5.02 Å². The van der Waals surface area contributed by atoms with Gasteiger partial charge in [0.15, 0.2) is 0 Å². The Morgan fingerprint density at radius 3 is 2.46 bits per heavy atom. The van der Waals surface area contributed by atoms with Gasteiger partial charge in [-0.1, -0.05) is 18.0 Å². The molecule has 0 N–H and O–H groups in total. The lowest BCUT2D eigenvalue weighted by molar-refractivity contribution is -0.131. The van der Waals surface area contributed by atoms with Crippen LogP contribution in [0.25, 0.3) is 0 Å². The standard InChI is InChI=1S/C19H26ClN3O/c20-17-4-5-18(21-11-17)22-8-6-14(7-9-22)10-19(24)23-12-15-2-1-3-16(15)13-23/h4-5,11,14-16H,1-3,6-10,12-13H2. The summed E-state index contributed by atoms with van der Waals surface area (Å²) < 4.78 is 0. The van der Waals surface area contributed by atoms with Crippen LogP contribution in [0, 0.1) is 17.8 Å². The lowest BCUT2D eigenvalue weighted by Crippen LogP contribution is -2.37. The zero-order chi connectivity index (χ0) is 16.5. The van der Waals surface area contributed by atoms with Gasteiger partial charge >= 0.3 is 0 Å². The van der Waals surface area contributed by atoms with E-state index in [1.165, 1.54) is 19.3 Å². The zero-order valence-electron chi connectivity index (χ0n) is 14.2. The van der Waals surface area contributed by atoms with Crippen molar-refractivity contribution in [3.8, 4) is 0 Å². The Morgan fingerprint density at radius 1 is 1.12 bits per heavy atom. The van der Waals surface area contributed by atoms with Crippen molar-refractivity contribution in [2.75, 3.05) is 31.1 Å². The maximum Gasteiger partial charge on any atom is 0.222 e. The van der Waals surface area contributed by atoms with E-state index in [-0.39, 0.29) is 0 Å². The lowest BCUT2D eigenvalue weighted by atomic mass is 9.93. The fraction of sp³-hybridized carbons (Fsp3) is 0.684. The fourth-order valence-electron chi connectivity index (χ4n) is 4.74. The van der Waals surface area contributed by atoms with E-state index in [1.54, 1.807) is 6.20 Å². The van der Waals surface area contributed by atoms with Gasteiger partial charge in [-0.3, -0.25) is 4.79 Å². The van der Waals surface area contributed by atoms with E-state index >= 15 is 0 Å². The number of pyridine rings is 1. The number of amides is 1. The highest BCUT2D eigenvalue weighted by molar-refractivity contribution is 6.30. The number of likely N-dealkylation sites (tertiary alicyclic amines) is 1. The van der Waals surface area contributed by atoms with Crippen molar-refractivity contribution in [1.82, 2.24) is 9.88 Å². The molecule has 1 aliphatic carbocycles. The number of hydrogen-bond donors (Lipinski definition) is 0. The van der Waals surface area contributed by atoms with E-state index in [0.29, 0.717) is 16.8 Å². The summed E-state index contributed by atoms with van der Waals surface area (Å²) in [5.74, 6) is 3.52. The number of carbonyl (C=O) groups excluding carboxylic acids is 1.